The fourth-order valence-electron chi connectivity index (χ4n) is 1.71. The second-order valence-corrected chi connectivity index (χ2v) is 2.91. The summed E-state index contributed by atoms with van der Waals surface area (Å²) in [6, 6.07) is 0.667. The molecule has 3 atom stereocenters. The molecule has 46 valence electrons. The van der Waals surface area contributed by atoms with Gasteiger partial charge in [-0.25, -0.2) is 0 Å². The van der Waals surface area contributed by atoms with Gasteiger partial charge in [0.25, 0.3) is 0 Å². The van der Waals surface area contributed by atoms with E-state index in [1.165, 1.54) is 13.0 Å². The van der Waals surface area contributed by atoms with Gasteiger partial charge in [0.2, 0.25) is 0 Å². The maximum absolute atomic E-state index is 5.49. The molecule has 8 heavy (non-hydrogen) atoms. The van der Waals surface area contributed by atoms with Gasteiger partial charge in [-0.15, -0.1) is 0 Å². The summed E-state index contributed by atoms with van der Waals surface area (Å²) in [5.41, 5.74) is 5.49. The van der Waals surface area contributed by atoms with Crippen molar-refractivity contribution >= 4 is 0 Å². The molecule has 3 N–H and O–H groups in total. The molecule has 0 amide bonds. The number of piperidine rings is 1. The Morgan fingerprint density at radius 2 is 2.50 bits per heavy atom. The summed E-state index contributed by atoms with van der Waals surface area (Å²) in [4.78, 5) is 0. The van der Waals surface area contributed by atoms with Gasteiger partial charge < -0.3 is 11.1 Å². The van der Waals surface area contributed by atoms with Gasteiger partial charge in [0.15, 0.2) is 0 Å². The van der Waals surface area contributed by atoms with Crippen LogP contribution >= 0.6 is 0 Å². The van der Waals surface area contributed by atoms with Crippen LogP contribution in [0.5, 0.6) is 0 Å². The van der Waals surface area contributed by atoms with E-state index in [0.717, 1.165) is 18.4 Å². The quantitative estimate of drug-likeness (QED) is 0.482. The highest BCUT2D eigenvalue weighted by Crippen LogP contribution is 2.44. The van der Waals surface area contributed by atoms with E-state index in [9.17, 15) is 0 Å². The van der Waals surface area contributed by atoms with Crippen LogP contribution in [0.25, 0.3) is 0 Å². The van der Waals surface area contributed by atoms with Crippen LogP contribution < -0.4 is 11.1 Å². The zero-order valence-corrected chi connectivity index (χ0v) is 4.93. The van der Waals surface area contributed by atoms with E-state index >= 15 is 0 Å². The van der Waals surface area contributed by atoms with Crippen molar-refractivity contribution < 1.29 is 0 Å². The third-order valence-electron chi connectivity index (χ3n) is 2.39. The largest absolute Gasteiger partial charge is 0.329 e. The highest BCUT2D eigenvalue weighted by Gasteiger charge is 2.46. The highest BCUT2D eigenvalue weighted by molar-refractivity contribution is 5.02. The predicted octanol–water partition coefficient (Wildman–Crippen LogP) is -0.447. The van der Waals surface area contributed by atoms with Gasteiger partial charge in [-0.3, -0.25) is 0 Å². The summed E-state index contributed by atoms with van der Waals surface area (Å²) < 4.78 is 0. The molecule has 2 heteroatoms. The highest BCUT2D eigenvalue weighted by atomic mass is 15.0. The smallest absolute Gasteiger partial charge is 0.0221 e. The predicted molar refractivity (Wildman–Crippen MR) is 32.4 cm³/mol. The fraction of sp³-hybridized carbons (Fsp3) is 1.00. The molecule has 2 rings (SSSR count). The molecule has 0 aromatic rings. The summed E-state index contributed by atoms with van der Waals surface area (Å²) >= 11 is 0. The van der Waals surface area contributed by atoms with E-state index in [2.05, 4.69) is 5.32 Å². The Balaban J connectivity index is 1.97. The average Bonchev–Trinajstić information content (AvgIpc) is 2.46. The number of nitrogens with one attached hydrogen (secondary N) is 1. The SMILES string of the molecule is NC[C@H]1NC[C@H]2C[C@H]21. The first-order chi connectivity index (χ1) is 3.92. The molecule has 0 spiro atoms. The monoisotopic (exact) mass is 112 g/mol. The number of fused-ring (bicyclic) bond motifs is 1. The van der Waals surface area contributed by atoms with Gasteiger partial charge in [0.05, 0.1) is 0 Å². The van der Waals surface area contributed by atoms with Crippen molar-refractivity contribution in [1.29, 1.82) is 0 Å². The lowest BCUT2D eigenvalue weighted by molar-refractivity contribution is 0.543. The van der Waals surface area contributed by atoms with Gasteiger partial charge in [0.1, 0.15) is 0 Å². The summed E-state index contributed by atoms with van der Waals surface area (Å²) in [6.45, 7) is 2.06. The van der Waals surface area contributed by atoms with Crippen molar-refractivity contribution in [1.82, 2.24) is 5.32 Å². The van der Waals surface area contributed by atoms with E-state index in [4.69, 9.17) is 5.73 Å². The molecule has 1 heterocycles. The maximum atomic E-state index is 5.49. The Hall–Kier alpha value is -0.0800. The third-order valence-corrected chi connectivity index (χ3v) is 2.39. The van der Waals surface area contributed by atoms with E-state index in [-0.39, 0.29) is 0 Å². The summed E-state index contributed by atoms with van der Waals surface area (Å²) in [5.74, 6) is 1.96. The Morgan fingerprint density at radius 1 is 1.62 bits per heavy atom. The number of rotatable bonds is 1. The molecule has 0 unspecified atom stereocenters. The van der Waals surface area contributed by atoms with Gasteiger partial charge in [-0.05, 0) is 24.8 Å². The lowest BCUT2D eigenvalue weighted by Gasteiger charge is -2.07. The second kappa shape index (κ2) is 1.45. The zero-order chi connectivity index (χ0) is 5.56. The van der Waals surface area contributed by atoms with Crippen LogP contribution in [0.4, 0.5) is 0 Å². The molecule has 0 radical (unpaired) electrons. The Kier molecular flexibility index (Phi) is 0.866. The Labute approximate surface area is 49.4 Å². The van der Waals surface area contributed by atoms with Gasteiger partial charge in [-0.1, -0.05) is 0 Å². The first-order valence-electron chi connectivity index (χ1n) is 3.35. The normalized spacial score (nSPS) is 51.4. The molecule has 1 saturated carbocycles. The van der Waals surface area contributed by atoms with Crippen LogP contribution in [0, 0.1) is 11.8 Å². The third kappa shape index (κ3) is 0.501. The molecular weight excluding hydrogens is 100 g/mol. The Bertz CT molecular complexity index is 103. The van der Waals surface area contributed by atoms with Crippen molar-refractivity contribution in [2.45, 2.75) is 12.5 Å². The second-order valence-electron chi connectivity index (χ2n) is 2.91. The van der Waals surface area contributed by atoms with E-state index in [1.807, 2.05) is 0 Å². The van der Waals surface area contributed by atoms with E-state index in [0.29, 0.717) is 6.04 Å². The number of hydrogen-bond acceptors (Lipinski definition) is 2. The van der Waals surface area contributed by atoms with Gasteiger partial charge in [0, 0.05) is 12.6 Å². The fourth-order valence-corrected chi connectivity index (χ4v) is 1.71. The van der Waals surface area contributed by atoms with Crippen molar-refractivity contribution in [3.05, 3.63) is 0 Å². The molecule has 2 aliphatic rings. The molecule has 2 nitrogen and oxygen atoms in total. The number of hydrogen-bond donors (Lipinski definition) is 2. The standard InChI is InChI=1S/C6H12N2/c7-2-6-5-1-4(5)3-8-6/h4-6,8H,1-3,7H2/t4-,5-,6-/m1/s1. The van der Waals surface area contributed by atoms with Crippen LogP contribution in [0.2, 0.25) is 0 Å². The molecule has 1 aliphatic carbocycles. The maximum Gasteiger partial charge on any atom is 0.0221 e. The first kappa shape index (κ1) is 4.77. The lowest BCUT2D eigenvalue weighted by Crippen LogP contribution is -2.33. The van der Waals surface area contributed by atoms with E-state index in [1.54, 1.807) is 0 Å². The number of nitrogens with two attached hydrogens (primary N) is 1. The van der Waals surface area contributed by atoms with Gasteiger partial charge in [-0.2, -0.15) is 0 Å². The van der Waals surface area contributed by atoms with Crippen molar-refractivity contribution in [3.8, 4) is 0 Å². The summed E-state index contributed by atoms with van der Waals surface area (Å²) in [7, 11) is 0. The molecule has 0 aromatic carbocycles. The van der Waals surface area contributed by atoms with Crippen LogP contribution in [0.1, 0.15) is 6.42 Å². The molecule has 1 aliphatic heterocycles. The van der Waals surface area contributed by atoms with Crippen LogP contribution in [-0.4, -0.2) is 19.1 Å². The first-order valence-corrected chi connectivity index (χ1v) is 3.35. The zero-order valence-electron chi connectivity index (χ0n) is 4.93. The van der Waals surface area contributed by atoms with Crippen molar-refractivity contribution in [2.75, 3.05) is 13.1 Å². The minimum absolute atomic E-state index is 0.667. The molecule has 0 bridgehead atoms. The molecule has 2 fully saturated rings. The summed E-state index contributed by atoms with van der Waals surface area (Å²) in [6.07, 6.45) is 1.44. The topological polar surface area (TPSA) is 38.0 Å². The van der Waals surface area contributed by atoms with Gasteiger partial charge >= 0.3 is 0 Å². The van der Waals surface area contributed by atoms with Crippen molar-refractivity contribution in [2.24, 2.45) is 17.6 Å². The van der Waals surface area contributed by atoms with Crippen LogP contribution in [0.3, 0.4) is 0 Å². The van der Waals surface area contributed by atoms with Crippen LogP contribution in [0.15, 0.2) is 0 Å². The van der Waals surface area contributed by atoms with Crippen LogP contribution in [-0.2, 0) is 0 Å². The minimum atomic E-state index is 0.667. The molecular formula is C6H12N2. The molecule has 0 aromatic heterocycles. The average molecular weight is 112 g/mol. The van der Waals surface area contributed by atoms with Crippen molar-refractivity contribution in [3.63, 3.8) is 0 Å². The summed E-state index contributed by atoms with van der Waals surface area (Å²) in [5, 5.41) is 3.38. The Morgan fingerprint density at radius 3 is 2.75 bits per heavy atom. The minimum Gasteiger partial charge on any atom is -0.329 e. The lowest BCUT2D eigenvalue weighted by atomic mass is 10.2. The van der Waals surface area contributed by atoms with E-state index < -0.39 is 0 Å². The molecule has 1 saturated heterocycles.